The molecule has 0 bridgehead atoms. The average Bonchev–Trinajstić information content (AvgIpc) is 2.59. The Hall–Kier alpha value is -0.130. The summed E-state index contributed by atoms with van der Waals surface area (Å²) in [6.07, 6.45) is 0.869. The van der Waals surface area contributed by atoms with Crippen molar-refractivity contribution in [1.29, 1.82) is 0 Å². The molecule has 0 aromatic carbocycles. The summed E-state index contributed by atoms with van der Waals surface area (Å²) in [5.41, 5.74) is 0. The summed E-state index contributed by atoms with van der Waals surface area (Å²) < 4.78 is 0.792. The Bertz CT molecular complexity index is 263. The van der Waals surface area contributed by atoms with Crippen molar-refractivity contribution >= 4 is 22.9 Å². The number of aliphatic hydroxyl groups is 2. The zero-order valence-corrected chi connectivity index (χ0v) is 9.31. The molecule has 0 aliphatic rings. The molecule has 1 heterocycles. The third-order valence-corrected chi connectivity index (χ3v) is 3.16. The van der Waals surface area contributed by atoms with Gasteiger partial charge in [-0.2, -0.15) is 0 Å². The third kappa shape index (κ3) is 3.94. The number of thiophene rings is 1. The summed E-state index contributed by atoms with van der Waals surface area (Å²) in [5, 5.41) is 20.6. The number of aliphatic hydroxyl groups excluding tert-OH is 2. The summed E-state index contributed by atoms with van der Waals surface area (Å²) >= 11 is 7.33. The van der Waals surface area contributed by atoms with Gasteiger partial charge < -0.3 is 15.5 Å². The van der Waals surface area contributed by atoms with E-state index in [2.05, 4.69) is 5.32 Å². The van der Waals surface area contributed by atoms with Gasteiger partial charge in [-0.05, 0) is 18.6 Å². The summed E-state index contributed by atoms with van der Waals surface area (Å²) in [6.45, 7) is 0.659. The number of nitrogens with one attached hydrogen (secondary N) is 1. The molecule has 1 aromatic heterocycles. The molecule has 1 rings (SSSR count). The zero-order valence-electron chi connectivity index (χ0n) is 7.74. The maximum atomic E-state index is 8.79. The summed E-state index contributed by atoms with van der Waals surface area (Å²) in [7, 11) is 0. The molecule has 3 N–H and O–H groups in total. The summed E-state index contributed by atoms with van der Waals surface area (Å²) in [6, 6.07) is 3.64. The minimum atomic E-state index is -0.217. The van der Waals surface area contributed by atoms with Gasteiger partial charge in [0.1, 0.15) is 0 Å². The monoisotopic (exact) mass is 235 g/mol. The van der Waals surface area contributed by atoms with Crippen LogP contribution in [0.5, 0.6) is 0 Å². The van der Waals surface area contributed by atoms with Crippen LogP contribution >= 0.6 is 22.9 Å². The minimum absolute atomic E-state index is 0.0400. The molecule has 1 aromatic rings. The summed E-state index contributed by atoms with van der Waals surface area (Å²) in [5.74, 6) is 0. The molecule has 0 unspecified atom stereocenters. The van der Waals surface area contributed by atoms with Crippen LogP contribution in [-0.2, 0) is 6.42 Å². The smallest absolute Gasteiger partial charge is 0.0931 e. The van der Waals surface area contributed by atoms with Gasteiger partial charge in [0.05, 0.1) is 23.6 Å². The van der Waals surface area contributed by atoms with Gasteiger partial charge in [0.15, 0.2) is 0 Å². The van der Waals surface area contributed by atoms with Gasteiger partial charge in [-0.3, -0.25) is 0 Å². The van der Waals surface area contributed by atoms with Gasteiger partial charge >= 0.3 is 0 Å². The van der Waals surface area contributed by atoms with Crippen molar-refractivity contribution in [3.8, 4) is 0 Å². The second kappa shape index (κ2) is 6.37. The lowest BCUT2D eigenvalue weighted by Crippen LogP contribution is -2.36. The van der Waals surface area contributed by atoms with Crippen molar-refractivity contribution in [2.75, 3.05) is 19.8 Å². The maximum absolute atomic E-state index is 8.79. The molecule has 3 nitrogen and oxygen atoms in total. The van der Waals surface area contributed by atoms with Crippen LogP contribution in [0.15, 0.2) is 12.1 Å². The van der Waals surface area contributed by atoms with Gasteiger partial charge in [-0.15, -0.1) is 11.3 Å². The molecule has 0 radical (unpaired) electrons. The first-order chi connectivity index (χ1) is 6.76. The lowest BCUT2D eigenvalue weighted by atomic mass is 10.3. The van der Waals surface area contributed by atoms with E-state index in [1.165, 1.54) is 4.88 Å². The van der Waals surface area contributed by atoms with Crippen molar-refractivity contribution in [1.82, 2.24) is 5.32 Å². The Kier molecular flexibility index (Phi) is 5.44. The number of hydrogen-bond donors (Lipinski definition) is 3. The number of hydrogen-bond acceptors (Lipinski definition) is 4. The van der Waals surface area contributed by atoms with Crippen molar-refractivity contribution in [2.45, 2.75) is 12.5 Å². The zero-order chi connectivity index (χ0) is 10.4. The second-order valence-electron chi connectivity index (χ2n) is 2.97. The second-order valence-corrected chi connectivity index (χ2v) is 4.77. The Morgan fingerprint density at radius 2 is 2.07 bits per heavy atom. The fourth-order valence-corrected chi connectivity index (χ4v) is 2.16. The predicted molar refractivity (Wildman–Crippen MR) is 59.0 cm³/mol. The fourth-order valence-electron chi connectivity index (χ4n) is 1.07. The van der Waals surface area contributed by atoms with E-state index in [4.69, 9.17) is 21.8 Å². The first-order valence-corrected chi connectivity index (χ1v) is 5.65. The van der Waals surface area contributed by atoms with Crippen LogP contribution in [0.2, 0.25) is 4.34 Å². The van der Waals surface area contributed by atoms with E-state index in [-0.39, 0.29) is 19.3 Å². The number of rotatable bonds is 6. The van der Waals surface area contributed by atoms with Crippen LogP contribution in [0, 0.1) is 0 Å². The maximum Gasteiger partial charge on any atom is 0.0931 e. The average molecular weight is 236 g/mol. The highest BCUT2D eigenvalue weighted by molar-refractivity contribution is 7.16. The fraction of sp³-hybridized carbons (Fsp3) is 0.556. The van der Waals surface area contributed by atoms with Gasteiger partial charge in [0.2, 0.25) is 0 Å². The molecule has 0 saturated heterocycles. The molecule has 0 fully saturated rings. The molecule has 80 valence electrons. The van der Waals surface area contributed by atoms with E-state index in [0.717, 1.165) is 17.3 Å². The number of halogens is 1. The molecular formula is C9H14ClNO2S. The molecule has 5 heteroatoms. The molecule has 0 aliphatic carbocycles. The predicted octanol–water partition coefficient (Wildman–Crippen LogP) is 0.887. The largest absolute Gasteiger partial charge is 0.395 e. The van der Waals surface area contributed by atoms with E-state index in [9.17, 15) is 0 Å². The lowest BCUT2D eigenvalue weighted by Gasteiger charge is -2.12. The Balaban J connectivity index is 2.21. The first-order valence-electron chi connectivity index (χ1n) is 4.45. The van der Waals surface area contributed by atoms with E-state index in [0.29, 0.717) is 0 Å². The van der Waals surface area contributed by atoms with Gasteiger partial charge in [-0.25, -0.2) is 0 Å². The van der Waals surface area contributed by atoms with Gasteiger partial charge in [-0.1, -0.05) is 11.6 Å². The van der Waals surface area contributed by atoms with Crippen LogP contribution < -0.4 is 5.32 Å². The quantitative estimate of drug-likeness (QED) is 0.687. The topological polar surface area (TPSA) is 52.5 Å². The Labute approximate surface area is 92.3 Å². The highest BCUT2D eigenvalue weighted by Crippen LogP contribution is 2.21. The molecule has 0 saturated carbocycles. The third-order valence-electron chi connectivity index (χ3n) is 1.87. The van der Waals surface area contributed by atoms with Crippen LogP contribution in [0.3, 0.4) is 0 Å². The van der Waals surface area contributed by atoms with Crippen molar-refractivity contribution < 1.29 is 10.2 Å². The Morgan fingerprint density at radius 3 is 2.57 bits per heavy atom. The highest BCUT2D eigenvalue weighted by Gasteiger charge is 2.04. The van der Waals surface area contributed by atoms with Crippen LogP contribution in [0.25, 0.3) is 0 Å². The van der Waals surface area contributed by atoms with Crippen molar-refractivity contribution in [3.05, 3.63) is 21.3 Å². The SMILES string of the molecule is OCC(CO)NCCc1ccc(Cl)s1. The van der Waals surface area contributed by atoms with E-state index in [1.54, 1.807) is 11.3 Å². The van der Waals surface area contributed by atoms with Crippen LogP contribution in [0.1, 0.15) is 4.88 Å². The molecule has 0 atom stereocenters. The first kappa shape index (κ1) is 11.9. The molecule has 14 heavy (non-hydrogen) atoms. The van der Waals surface area contributed by atoms with Gasteiger partial charge in [0, 0.05) is 11.4 Å². The normalized spacial score (nSPS) is 11.1. The highest BCUT2D eigenvalue weighted by atomic mass is 35.5. The molecule has 0 spiro atoms. The lowest BCUT2D eigenvalue weighted by molar-refractivity contribution is 0.172. The van der Waals surface area contributed by atoms with Crippen LogP contribution in [0.4, 0.5) is 0 Å². The van der Waals surface area contributed by atoms with Crippen molar-refractivity contribution in [2.24, 2.45) is 0 Å². The summed E-state index contributed by atoms with van der Waals surface area (Å²) in [4.78, 5) is 1.21. The minimum Gasteiger partial charge on any atom is -0.395 e. The molecule has 0 amide bonds. The van der Waals surface area contributed by atoms with Crippen molar-refractivity contribution in [3.63, 3.8) is 0 Å². The van der Waals surface area contributed by atoms with Crippen LogP contribution in [-0.4, -0.2) is 36.0 Å². The van der Waals surface area contributed by atoms with Gasteiger partial charge in [0.25, 0.3) is 0 Å². The molecular weight excluding hydrogens is 222 g/mol. The Morgan fingerprint density at radius 1 is 1.36 bits per heavy atom. The van der Waals surface area contributed by atoms with E-state index < -0.39 is 0 Å². The standard InChI is InChI=1S/C9H14ClNO2S/c10-9-2-1-8(14-9)3-4-11-7(5-12)6-13/h1-2,7,11-13H,3-6H2. The van der Waals surface area contributed by atoms with E-state index in [1.807, 2.05) is 12.1 Å². The molecule has 0 aliphatic heterocycles. The van der Waals surface area contributed by atoms with E-state index >= 15 is 0 Å².